The Morgan fingerprint density at radius 1 is 1.33 bits per heavy atom. The third-order valence-corrected chi connectivity index (χ3v) is 4.26. The van der Waals surface area contributed by atoms with Crippen LogP contribution >= 0.6 is 15.9 Å². The maximum Gasteiger partial charge on any atom is 0.255 e. The van der Waals surface area contributed by atoms with E-state index in [-0.39, 0.29) is 11.6 Å². The second kappa shape index (κ2) is 6.75. The van der Waals surface area contributed by atoms with Crippen LogP contribution in [0.1, 0.15) is 24.2 Å². The molecule has 0 saturated carbocycles. The fourth-order valence-electron chi connectivity index (χ4n) is 2.55. The molecule has 6 heteroatoms. The second-order valence-electron chi connectivity index (χ2n) is 5.84. The molecule has 1 aromatic carbocycles. The smallest absolute Gasteiger partial charge is 0.255 e. The normalized spacial score (nSPS) is 16.5. The topological polar surface area (TPSA) is 49.6 Å². The van der Waals surface area contributed by atoms with E-state index in [0.717, 1.165) is 19.6 Å². The van der Waals surface area contributed by atoms with Crippen LogP contribution in [0.2, 0.25) is 0 Å². The standard InChI is InChI=1S/C15H21BrFN3O/c1-10(2)9-19-3-5-20(6-4-19)15(21)11-7-14(18)13(17)8-12(11)16/h7-8,10H,3-6,9,18H2,1-2H3. The fraction of sp³-hybridized carbons (Fsp3) is 0.533. The first-order valence-corrected chi connectivity index (χ1v) is 7.94. The number of hydrogen-bond acceptors (Lipinski definition) is 3. The number of benzene rings is 1. The SMILES string of the molecule is CC(C)CN1CCN(C(=O)c2cc(N)c(F)cc2Br)CC1. The van der Waals surface area contributed by atoms with E-state index in [2.05, 4.69) is 34.7 Å². The number of hydrogen-bond donors (Lipinski definition) is 1. The van der Waals surface area contributed by atoms with Crippen LogP contribution in [-0.2, 0) is 0 Å². The van der Waals surface area contributed by atoms with Crippen LogP contribution in [0.3, 0.4) is 0 Å². The molecule has 0 spiro atoms. The van der Waals surface area contributed by atoms with Crippen LogP contribution in [0.15, 0.2) is 16.6 Å². The van der Waals surface area contributed by atoms with E-state index in [4.69, 9.17) is 5.73 Å². The number of anilines is 1. The molecule has 0 unspecified atom stereocenters. The molecule has 1 saturated heterocycles. The van der Waals surface area contributed by atoms with E-state index in [1.165, 1.54) is 12.1 Å². The lowest BCUT2D eigenvalue weighted by molar-refractivity contribution is 0.0623. The van der Waals surface area contributed by atoms with Gasteiger partial charge in [0.15, 0.2) is 0 Å². The number of rotatable bonds is 3. The van der Waals surface area contributed by atoms with Crippen molar-refractivity contribution in [2.24, 2.45) is 5.92 Å². The monoisotopic (exact) mass is 357 g/mol. The molecule has 0 aromatic heterocycles. The Balaban J connectivity index is 2.04. The Kier molecular flexibility index (Phi) is 5.22. The van der Waals surface area contributed by atoms with Gasteiger partial charge in [0.1, 0.15) is 5.82 Å². The number of carbonyl (C=O) groups is 1. The van der Waals surface area contributed by atoms with Gasteiger partial charge in [0.2, 0.25) is 0 Å². The zero-order valence-electron chi connectivity index (χ0n) is 12.4. The number of halogens is 2. The van der Waals surface area contributed by atoms with E-state index in [1.807, 2.05) is 0 Å². The molecule has 0 bridgehead atoms. The predicted octanol–water partition coefficient (Wildman–Crippen LogP) is 2.58. The molecule has 1 aromatic rings. The Morgan fingerprint density at radius 2 is 1.95 bits per heavy atom. The van der Waals surface area contributed by atoms with Gasteiger partial charge in [-0.1, -0.05) is 13.8 Å². The number of nitrogens with zero attached hydrogens (tertiary/aromatic N) is 2. The van der Waals surface area contributed by atoms with Crippen molar-refractivity contribution < 1.29 is 9.18 Å². The molecule has 2 N–H and O–H groups in total. The fourth-order valence-corrected chi connectivity index (χ4v) is 3.03. The van der Waals surface area contributed by atoms with Crippen LogP contribution in [0.25, 0.3) is 0 Å². The average molecular weight is 358 g/mol. The molecular formula is C15H21BrFN3O. The van der Waals surface area contributed by atoms with Gasteiger partial charge >= 0.3 is 0 Å². The highest BCUT2D eigenvalue weighted by Crippen LogP contribution is 2.24. The van der Waals surface area contributed by atoms with Crippen molar-refractivity contribution in [3.8, 4) is 0 Å². The first kappa shape index (κ1) is 16.2. The minimum Gasteiger partial charge on any atom is -0.396 e. The van der Waals surface area contributed by atoms with Gasteiger partial charge in [-0.2, -0.15) is 0 Å². The highest BCUT2D eigenvalue weighted by atomic mass is 79.9. The summed E-state index contributed by atoms with van der Waals surface area (Å²) >= 11 is 3.24. The van der Waals surface area contributed by atoms with Gasteiger partial charge < -0.3 is 10.6 Å². The quantitative estimate of drug-likeness (QED) is 0.845. The first-order chi connectivity index (χ1) is 9.88. The summed E-state index contributed by atoms with van der Waals surface area (Å²) in [5.41, 5.74) is 5.98. The number of nitrogens with two attached hydrogens (primary N) is 1. The summed E-state index contributed by atoms with van der Waals surface area (Å²) in [5.74, 6) is 0.0104. The first-order valence-electron chi connectivity index (χ1n) is 7.14. The van der Waals surface area contributed by atoms with Crippen molar-refractivity contribution in [2.75, 3.05) is 38.5 Å². The summed E-state index contributed by atoms with van der Waals surface area (Å²) in [7, 11) is 0. The largest absolute Gasteiger partial charge is 0.396 e. The molecule has 21 heavy (non-hydrogen) atoms. The van der Waals surface area contributed by atoms with E-state index >= 15 is 0 Å². The molecule has 0 radical (unpaired) electrons. The van der Waals surface area contributed by atoms with Crippen LogP contribution in [0.4, 0.5) is 10.1 Å². The van der Waals surface area contributed by atoms with Gasteiger partial charge in [-0.25, -0.2) is 4.39 Å². The number of piperazine rings is 1. The summed E-state index contributed by atoms with van der Waals surface area (Å²) in [6, 6.07) is 2.65. The van der Waals surface area contributed by atoms with Crippen LogP contribution < -0.4 is 5.73 Å². The van der Waals surface area contributed by atoms with Crippen molar-refractivity contribution in [1.29, 1.82) is 0 Å². The van der Waals surface area contributed by atoms with Gasteiger partial charge in [-0.15, -0.1) is 0 Å². The minimum atomic E-state index is -0.514. The van der Waals surface area contributed by atoms with Crippen molar-refractivity contribution >= 4 is 27.5 Å². The average Bonchev–Trinajstić information content (AvgIpc) is 2.42. The van der Waals surface area contributed by atoms with Gasteiger partial charge in [0.05, 0.1) is 11.3 Å². The summed E-state index contributed by atoms with van der Waals surface area (Å²) in [6.07, 6.45) is 0. The minimum absolute atomic E-state index is 0.00000579. The van der Waals surface area contributed by atoms with Crippen LogP contribution in [0.5, 0.6) is 0 Å². The number of carbonyl (C=O) groups excluding carboxylic acids is 1. The number of nitrogen functional groups attached to an aromatic ring is 1. The van der Waals surface area contributed by atoms with Gasteiger partial charge in [0.25, 0.3) is 5.91 Å². The molecule has 1 amide bonds. The zero-order chi connectivity index (χ0) is 15.6. The lowest BCUT2D eigenvalue weighted by atomic mass is 10.1. The van der Waals surface area contributed by atoms with Crippen molar-refractivity contribution in [1.82, 2.24) is 9.80 Å². The molecule has 0 atom stereocenters. The summed E-state index contributed by atoms with van der Waals surface area (Å²) < 4.78 is 13.8. The van der Waals surface area contributed by atoms with Crippen molar-refractivity contribution in [2.45, 2.75) is 13.8 Å². The van der Waals surface area contributed by atoms with Gasteiger partial charge in [0, 0.05) is 37.2 Å². The second-order valence-corrected chi connectivity index (χ2v) is 6.69. The highest BCUT2D eigenvalue weighted by molar-refractivity contribution is 9.10. The van der Waals surface area contributed by atoms with E-state index in [1.54, 1.807) is 4.90 Å². The van der Waals surface area contributed by atoms with Crippen molar-refractivity contribution in [3.63, 3.8) is 0 Å². The highest BCUT2D eigenvalue weighted by Gasteiger charge is 2.24. The molecule has 0 aliphatic carbocycles. The molecule has 116 valence electrons. The summed E-state index contributed by atoms with van der Waals surface area (Å²) in [5, 5.41) is 0. The lowest BCUT2D eigenvalue weighted by Crippen LogP contribution is -2.49. The molecular weight excluding hydrogens is 337 g/mol. The summed E-state index contributed by atoms with van der Waals surface area (Å²) in [6.45, 7) is 8.56. The Hall–Kier alpha value is -1.14. The summed E-state index contributed by atoms with van der Waals surface area (Å²) in [4.78, 5) is 16.7. The number of amides is 1. The predicted molar refractivity (Wildman–Crippen MR) is 85.7 cm³/mol. The molecule has 1 aliphatic heterocycles. The van der Waals surface area contributed by atoms with E-state index in [9.17, 15) is 9.18 Å². The molecule has 2 rings (SSSR count). The van der Waals surface area contributed by atoms with Crippen LogP contribution in [0, 0.1) is 11.7 Å². The van der Waals surface area contributed by atoms with Crippen molar-refractivity contribution in [3.05, 3.63) is 28.0 Å². The third kappa shape index (κ3) is 3.95. The van der Waals surface area contributed by atoms with E-state index in [0.29, 0.717) is 29.0 Å². The lowest BCUT2D eigenvalue weighted by Gasteiger charge is -2.35. The molecule has 1 aliphatic rings. The molecule has 4 nitrogen and oxygen atoms in total. The van der Waals surface area contributed by atoms with Gasteiger partial charge in [-0.05, 0) is 34.0 Å². The maximum atomic E-state index is 13.4. The molecule has 1 heterocycles. The Bertz CT molecular complexity index is 528. The van der Waals surface area contributed by atoms with E-state index < -0.39 is 5.82 Å². The third-order valence-electron chi connectivity index (χ3n) is 3.60. The molecule has 1 fully saturated rings. The van der Waals surface area contributed by atoms with Gasteiger partial charge in [-0.3, -0.25) is 9.69 Å². The Morgan fingerprint density at radius 3 is 2.52 bits per heavy atom. The zero-order valence-corrected chi connectivity index (χ0v) is 14.0. The van der Waals surface area contributed by atoms with Crippen LogP contribution in [-0.4, -0.2) is 48.4 Å². The Labute approximate surface area is 133 Å². The maximum absolute atomic E-state index is 13.4.